The maximum Gasteiger partial charge on any atom is 0.692 e. The van der Waals surface area contributed by atoms with Gasteiger partial charge in [-0.25, -0.2) is 4.79 Å². The van der Waals surface area contributed by atoms with Crippen molar-refractivity contribution in [1.29, 1.82) is 0 Å². The van der Waals surface area contributed by atoms with Crippen molar-refractivity contribution in [2.45, 2.75) is 6.42 Å². The lowest BCUT2D eigenvalue weighted by Crippen LogP contribution is -1.97. The van der Waals surface area contributed by atoms with Crippen molar-refractivity contribution < 1.29 is 38.6 Å². The maximum atomic E-state index is 10.6. The third-order valence-electron chi connectivity index (χ3n) is 1.89. The smallest absolute Gasteiger partial charge is 0.478 e. The highest BCUT2D eigenvalue weighted by atomic mass is 31.2. The molecule has 0 bridgehead atoms. The molecule has 0 radical (unpaired) electrons. The molecule has 19 heavy (non-hydrogen) atoms. The van der Waals surface area contributed by atoms with Crippen LogP contribution in [0.1, 0.15) is 15.9 Å². The first kappa shape index (κ1) is 17.9. The van der Waals surface area contributed by atoms with Gasteiger partial charge in [0.05, 0.1) is 11.7 Å². The fraction of sp³-hybridized carbons (Fsp3) is 0.222. The van der Waals surface area contributed by atoms with Crippen molar-refractivity contribution in [3.05, 3.63) is 35.4 Å². The van der Waals surface area contributed by atoms with Gasteiger partial charge in [0.1, 0.15) is 0 Å². The van der Waals surface area contributed by atoms with Gasteiger partial charge in [0.2, 0.25) is 0 Å². The molecule has 0 aliphatic heterocycles. The predicted octanol–water partition coefficient (Wildman–Crippen LogP) is 0.733. The molecule has 0 atom stereocenters. The average Bonchev–Trinajstić information content (AvgIpc) is 2.25. The van der Waals surface area contributed by atoms with E-state index in [9.17, 15) is 9.36 Å². The van der Waals surface area contributed by atoms with E-state index in [0.717, 1.165) is 0 Å². The summed E-state index contributed by atoms with van der Waals surface area (Å²) in [4.78, 5) is 42.0. The van der Waals surface area contributed by atoms with Crippen molar-refractivity contribution >= 4 is 21.8 Å². The van der Waals surface area contributed by atoms with Gasteiger partial charge in [-0.1, -0.05) is 12.1 Å². The number of rotatable bonds is 4. The minimum atomic E-state index is -3.98. The van der Waals surface area contributed by atoms with Crippen molar-refractivity contribution in [3.8, 4) is 0 Å². The highest BCUT2D eigenvalue weighted by Crippen LogP contribution is 2.34. The minimum Gasteiger partial charge on any atom is -0.478 e. The van der Waals surface area contributed by atoms with Crippen molar-refractivity contribution in [3.63, 3.8) is 0 Å². The fourth-order valence-corrected chi connectivity index (χ4v) is 1.64. The first-order valence-corrected chi connectivity index (χ1v) is 7.80. The van der Waals surface area contributed by atoms with Gasteiger partial charge in [-0.3, -0.25) is 4.57 Å². The molecule has 5 N–H and O–H groups in total. The molecule has 0 amide bonds. The number of benzene rings is 1. The number of carboxylic acids is 1. The Hall–Kier alpha value is -1.14. The van der Waals surface area contributed by atoms with Crippen molar-refractivity contribution in [2.75, 3.05) is 6.16 Å². The van der Waals surface area contributed by atoms with Gasteiger partial charge in [0.15, 0.2) is 0 Å². The van der Waals surface area contributed by atoms with Crippen LogP contribution in [0.2, 0.25) is 0 Å². The van der Waals surface area contributed by atoms with Gasteiger partial charge in [0, 0.05) is 4.57 Å². The average molecular weight is 311 g/mol. The molecule has 0 aromatic heterocycles. The maximum absolute atomic E-state index is 10.6. The number of hydrogen-bond acceptors (Lipinski definition) is 3. The van der Waals surface area contributed by atoms with Crippen LogP contribution in [0, 0.1) is 0 Å². The van der Waals surface area contributed by atoms with Crippen LogP contribution in [0.5, 0.6) is 0 Å². The summed E-state index contributed by atoms with van der Waals surface area (Å²) in [6.07, 6.45) is 0.0175. The molecule has 8 nitrogen and oxygen atoms in total. The van der Waals surface area contributed by atoms with E-state index in [0.29, 0.717) is 5.56 Å². The van der Waals surface area contributed by atoms with E-state index in [1.54, 1.807) is 12.1 Å². The summed E-state index contributed by atoms with van der Waals surface area (Å²) in [5, 5.41) is 8.61. The van der Waals surface area contributed by atoms with Crippen LogP contribution in [0.15, 0.2) is 24.3 Å². The topological polar surface area (TPSA) is 152 Å². The van der Waals surface area contributed by atoms with Crippen LogP contribution in [-0.2, 0) is 15.6 Å². The summed E-state index contributed by atoms with van der Waals surface area (Å²) in [5.41, 5.74) is 0.873. The molecule has 0 saturated heterocycles. The Labute approximate surface area is 109 Å². The SMILES string of the molecule is O=C(O)c1ccc(CCP(=O)(O)O)cc1.O=[P+](O)O. The molecular weight excluding hydrogens is 298 g/mol. The molecule has 0 spiro atoms. The Balaban J connectivity index is 0.000000711. The summed E-state index contributed by atoms with van der Waals surface area (Å²) in [6, 6.07) is 5.94. The molecule has 0 saturated carbocycles. The molecule has 0 heterocycles. The van der Waals surface area contributed by atoms with Crippen LogP contribution < -0.4 is 0 Å². The highest BCUT2D eigenvalue weighted by molar-refractivity contribution is 7.51. The van der Waals surface area contributed by atoms with E-state index < -0.39 is 21.8 Å². The van der Waals surface area contributed by atoms with E-state index in [1.807, 2.05) is 0 Å². The van der Waals surface area contributed by atoms with E-state index in [4.69, 9.17) is 29.2 Å². The van der Waals surface area contributed by atoms with Crippen LogP contribution in [-0.4, -0.2) is 36.8 Å². The Morgan fingerprint density at radius 2 is 1.58 bits per heavy atom. The Morgan fingerprint density at radius 1 is 1.16 bits per heavy atom. The van der Waals surface area contributed by atoms with E-state index in [1.165, 1.54) is 12.1 Å². The summed E-state index contributed by atoms with van der Waals surface area (Å²) in [5.74, 6) is -1.02. The highest BCUT2D eigenvalue weighted by Gasteiger charge is 2.12. The number of carbonyl (C=O) groups is 1. The predicted molar refractivity (Wildman–Crippen MR) is 66.1 cm³/mol. The lowest BCUT2D eigenvalue weighted by Gasteiger charge is -2.03. The van der Waals surface area contributed by atoms with Gasteiger partial charge in [0.25, 0.3) is 0 Å². The molecule has 0 aliphatic carbocycles. The largest absolute Gasteiger partial charge is 0.692 e. The molecule has 1 aromatic carbocycles. The van der Waals surface area contributed by atoms with E-state index >= 15 is 0 Å². The lowest BCUT2D eigenvalue weighted by atomic mass is 10.1. The minimum absolute atomic E-state index is 0.162. The second-order valence-corrected chi connectivity index (χ2v) is 5.68. The molecule has 1 rings (SSSR count). The van der Waals surface area contributed by atoms with Crippen LogP contribution in [0.3, 0.4) is 0 Å². The molecule has 106 valence electrons. The van der Waals surface area contributed by atoms with E-state index in [2.05, 4.69) is 0 Å². The molecular formula is C9H13O8P2+. The Morgan fingerprint density at radius 3 is 1.89 bits per heavy atom. The molecule has 10 heteroatoms. The Kier molecular flexibility index (Phi) is 7.63. The lowest BCUT2D eigenvalue weighted by molar-refractivity contribution is 0.0696. The van der Waals surface area contributed by atoms with Crippen molar-refractivity contribution in [2.24, 2.45) is 0 Å². The summed E-state index contributed by atoms with van der Waals surface area (Å²) < 4.78 is 19.3. The molecule has 0 fully saturated rings. The first-order chi connectivity index (χ1) is 8.61. The first-order valence-electron chi connectivity index (χ1n) is 4.83. The number of aryl methyl sites for hydroxylation is 1. The van der Waals surface area contributed by atoms with Gasteiger partial charge < -0.3 is 14.9 Å². The van der Waals surface area contributed by atoms with E-state index in [-0.39, 0.29) is 18.1 Å². The molecule has 0 unspecified atom stereocenters. The molecule has 0 aliphatic rings. The van der Waals surface area contributed by atoms with Crippen LogP contribution in [0.4, 0.5) is 0 Å². The third-order valence-corrected chi connectivity index (χ3v) is 2.70. The monoisotopic (exact) mass is 311 g/mol. The number of carboxylic acid groups (broad SMARTS) is 1. The summed E-state index contributed by atoms with van der Waals surface area (Å²) in [6.45, 7) is 0. The van der Waals surface area contributed by atoms with Gasteiger partial charge >= 0.3 is 21.8 Å². The third kappa shape index (κ3) is 10.5. The summed E-state index contributed by atoms with van der Waals surface area (Å²) >= 11 is 0. The van der Waals surface area contributed by atoms with Crippen LogP contribution >= 0.6 is 15.9 Å². The quantitative estimate of drug-likeness (QED) is 0.510. The fourth-order valence-electron chi connectivity index (χ4n) is 1.09. The second-order valence-electron chi connectivity index (χ2n) is 3.39. The molecule has 1 aromatic rings. The van der Waals surface area contributed by atoms with Gasteiger partial charge in [-0.05, 0) is 24.1 Å². The zero-order valence-electron chi connectivity index (χ0n) is 9.58. The number of hydrogen-bond donors (Lipinski definition) is 5. The zero-order chi connectivity index (χ0) is 15.1. The van der Waals surface area contributed by atoms with Gasteiger partial charge in [-0.15, -0.1) is 9.79 Å². The van der Waals surface area contributed by atoms with Crippen LogP contribution in [0.25, 0.3) is 0 Å². The number of aromatic carboxylic acids is 1. The van der Waals surface area contributed by atoms with Crippen molar-refractivity contribution in [1.82, 2.24) is 0 Å². The van der Waals surface area contributed by atoms with Gasteiger partial charge in [-0.2, -0.15) is 0 Å². The standard InChI is InChI=1S/C9H11O5P.HO3P/c10-9(11)8-3-1-7(2-4-8)5-6-15(12,13)14;1-4(2)3/h1-4H,5-6H2,(H,10,11)(H2,12,13,14);(H-,1,2,3)/p+1. The zero-order valence-corrected chi connectivity index (χ0v) is 11.4. The second kappa shape index (κ2) is 8.12. The normalized spacial score (nSPS) is 10.3. The Bertz CT molecular complexity index is 473. The summed E-state index contributed by atoms with van der Waals surface area (Å²) in [7, 11) is -6.85.